The van der Waals surface area contributed by atoms with Gasteiger partial charge >= 0.3 is 0 Å². The Hall–Kier alpha value is -1.54. The highest BCUT2D eigenvalue weighted by Gasteiger charge is 2.34. The molecule has 1 aliphatic heterocycles. The quantitative estimate of drug-likeness (QED) is 0.753. The Kier molecular flexibility index (Phi) is 3.58. The standard InChI is InChI=1S/C16H20O2/c1-5-13-10-12-11-14(17-7-3)8-9-15(12)16(4,6-2)18-13/h5-6,8-9,11,13H,1-2,7,10H2,3-4H3. The van der Waals surface area contributed by atoms with E-state index >= 15 is 0 Å². The van der Waals surface area contributed by atoms with Crippen molar-refractivity contribution in [2.75, 3.05) is 6.61 Å². The van der Waals surface area contributed by atoms with Crippen molar-refractivity contribution in [3.63, 3.8) is 0 Å². The first-order chi connectivity index (χ1) is 8.62. The van der Waals surface area contributed by atoms with Gasteiger partial charge in [0.25, 0.3) is 0 Å². The third-order valence-electron chi connectivity index (χ3n) is 3.39. The molecule has 0 radical (unpaired) electrons. The molecule has 0 bridgehead atoms. The Morgan fingerprint density at radius 2 is 2.28 bits per heavy atom. The SMILES string of the molecule is C=CC1Cc2cc(OCC)ccc2C(C)(C=C)O1. The molecule has 1 aliphatic rings. The molecule has 2 atom stereocenters. The molecular weight excluding hydrogens is 224 g/mol. The van der Waals surface area contributed by atoms with Crippen LogP contribution < -0.4 is 4.74 Å². The number of rotatable bonds is 4. The van der Waals surface area contributed by atoms with Gasteiger partial charge in [-0.3, -0.25) is 0 Å². The van der Waals surface area contributed by atoms with Gasteiger partial charge in [0.1, 0.15) is 11.4 Å². The van der Waals surface area contributed by atoms with Crippen molar-refractivity contribution in [3.8, 4) is 5.75 Å². The average Bonchev–Trinajstić information content (AvgIpc) is 2.38. The molecule has 0 amide bonds. The lowest BCUT2D eigenvalue weighted by molar-refractivity contribution is -0.0456. The molecule has 0 N–H and O–H groups in total. The lowest BCUT2D eigenvalue weighted by atomic mass is 9.85. The molecule has 1 heterocycles. The maximum Gasteiger partial charge on any atom is 0.119 e. The number of benzene rings is 1. The molecule has 2 rings (SSSR count). The summed E-state index contributed by atoms with van der Waals surface area (Å²) >= 11 is 0. The summed E-state index contributed by atoms with van der Waals surface area (Å²) in [6.07, 6.45) is 4.56. The molecule has 1 aromatic rings. The molecule has 96 valence electrons. The van der Waals surface area contributed by atoms with E-state index in [1.54, 1.807) is 0 Å². The van der Waals surface area contributed by atoms with Crippen molar-refractivity contribution in [1.82, 2.24) is 0 Å². The molecule has 0 saturated heterocycles. The van der Waals surface area contributed by atoms with E-state index < -0.39 is 5.60 Å². The minimum atomic E-state index is -0.447. The topological polar surface area (TPSA) is 18.5 Å². The van der Waals surface area contributed by atoms with Crippen LogP contribution in [0.5, 0.6) is 5.75 Å². The maximum absolute atomic E-state index is 6.02. The van der Waals surface area contributed by atoms with Crippen LogP contribution in [0.1, 0.15) is 25.0 Å². The van der Waals surface area contributed by atoms with Crippen LogP contribution >= 0.6 is 0 Å². The van der Waals surface area contributed by atoms with Gasteiger partial charge in [-0.25, -0.2) is 0 Å². The van der Waals surface area contributed by atoms with Crippen molar-refractivity contribution in [2.45, 2.75) is 32.0 Å². The molecule has 2 unspecified atom stereocenters. The van der Waals surface area contributed by atoms with Gasteiger partial charge in [0.2, 0.25) is 0 Å². The molecule has 0 aliphatic carbocycles. The van der Waals surface area contributed by atoms with Gasteiger partial charge < -0.3 is 9.47 Å². The zero-order valence-corrected chi connectivity index (χ0v) is 11.1. The van der Waals surface area contributed by atoms with E-state index in [-0.39, 0.29) is 6.10 Å². The number of hydrogen-bond acceptors (Lipinski definition) is 2. The summed E-state index contributed by atoms with van der Waals surface area (Å²) in [5.41, 5.74) is 1.97. The van der Waals surface area contributed by atoms with Crippen molar-refractivity contribution in [3.05, 3.63) is 54.6 Å². The normalized spacial score (nSPS) is 26.2. The van der Waals surface area contributed by atoms with E-state index in [4.69, 9.17) is 9.47 Å². The van der Waals surface area contributed by atoms with E-state index in [0.29, 0.717) is 6.61 Å². The predicted octanol–water partition coefficient (Wildman–Crippen LogP) is 3.61. The number of ether oxygens (including phenoxy) is 2. The average molecular weight is 244 g/mol. The Labute approximate surface area is 109 Å². The summed E-state index contributed by atoms with van der Waals surface area (Å²) in [6, 6.07) is 6.16. The van der Waals surface area contributed by atoms with Crippen molar-refractivity contribution in [1.29, 1.82) is 0 Å². The molecule has 18 heavy (non-hydrogen) atoms. The summed E-state index contributed by atoms with van der Waals surface area (Å²) in [6.45, 7) is 12.4. The molecular formula is C16H20O2. The molecule has 0 fully saturated rings. The summed E-state index contributed by atoms with van der Waals surface area (Å²) in [5.74, 6) is 0.910. The van der Waals surface area contributed by atoms with Crippen LogP contribution in [0.15, 0.2) is 43.5 Å². The molecule has 0 spiro atoms. The lowest BCUT2D eigenvalue weighted by Crippen LogP contribution is -2.35. The minimum Gasteiger partial charge on any atom is -0.494 e. The second-order valence-electron chi connectivity index (χ2n) is 4.66. The van der Waals surface area contributed by atoms with E-state index in [1.165, 1.54) is 11.1 Å². The maximum atomic E-state index is 6.02. The molecule has 1 aromatic carbocycles. The molecule has 0 aromatic heterocycles. The van der Waals surface area contributed by atoms with Gasteiger partial charge in [-0.05, 0) is 37.1 Å². The first-order valence-electron chi connectivity index (χ1n) is 6.33. The van der Waals surface area contributed by atoms with Gasteiger partial charge in [-0.15, -0.1) is 6.58 Å². The third-order valence-corrected chi connectivity index (χ3v) is 3.39. The fraction of sp³-hybridized carbons (Fsp3) is 0.375. The van der Waals surface area contributed by atoms with Crippen molar-refractivity contribution >= 4 is 0 Å². The highest BCUT2D eigenvalue weighted by molar-refractivity contribution is 5.43. The highest BCUT2D eigenvalue weighted by atomic mass is 16.5. The lowest BCUT2D eigenvalue weighted by Gasteiger charge is -2.37. The van der Waals surface area contributed by atoms with Gasteiger partial charge in [0.05, 0.1) is 12.7 Å². The molecule has 2 heteroatoms. The van der Waals surface area contributed by atoms with Gasteiger partial charge in [-0.1, -0.05) is 24.8 Å². The van der Waals surface area contributed by atoms with Crippen LogP contribution in [-0.4, -0.2) is 12.7 Å². The van der Waals surface area contributed by atoms with Gasteiger partial charge in [0, 0.05) is 6.42 Å². The smallest absolute Gasteiger partial charge is 0.119 e. The number of hydrogen-bond donors (Lipinski definition) is 0. The third kappa shape index (κ3) is 2.21. The fourth-order valence-electron chi connectivity index (χ4n) is 2.41. The van der Waals surface area contributed by atoms with Crippen molar-refractivity contribution in [2.24, 2.45) is 0 Å². The predicted molar refractivity (Wildman–Crippen MR) is 73.9 cm³/mol. The first kappa shape index (κ1) is 12.9. The zero-order valence-electron chi connectivity index (χ0n) is 11.1. The summed E-state index contributed by atoms with van der Waals surface area (Å²) < 4.78 is 11.6. The largest absolute Gasteiger partial charge is 0.494 e. The fourth-order valence-corrected chi connectivity index (χ4v) is 2.41. The first-order valence-corrected chi connectivity index (χ1v) is 6.33. The van der Waals surface area contributed by atoms with E-state index in [9.17, 15) is 0 Å². The van der Waals surface area contributed by atoms with Crippen LogP contribution in [-0.2, 0) is 16.8 Å². The van der Waals surface area contributed by atoms with E-state index in [1.807, 2.05) is 32.1 Å². The zero-order chi connectivity index (χ0) is 13.2. The Bertz CT molecular complexity index is 464. The van der Waals surface area contributed by atoms with Crippen molar-refractivity contribution < 1.29 is 9.47 Å². The molecule has 2 nitrogen and oxygen atoms in total. The van der Waals surface area contributed by atoms with Crippen LogP contribution in [0.2, 0.25) is 0 Å². The van der Waals surface area contributed by atoms with Crippen LogP contribution in [0.3, 0.4) is 0 Å². The van der Waals surface area contributed by atoms with Crippen LogP contribution in [0.4, 0.5) is 0 Å². The summed E-state index contributed by atoms with van der Waals surface area (Å²) in [7, 11) is 0. The summed E-state index contributed by atoms with van der Waals surface area (Å²) in [4.78, 5) is 0. The Morgan fingerprint density at radius 1 is 1.50 bits per heavy atom. The second-order valence-corrected chi connectivity index (χ2v) is 4.66. The van der Waals surface area contributed by atoms with Crippen LogP contribution in [0, 0.1) is 0 Å². The summed E-state index contributed by atoms with van der Waals surface area (Å²) in [5, 5.41) is 0. The highest BCUT2D eigenvalue weighted by Crippen LogP contribution is 2.38. The van der Waals surface area contributed by atoms with Gasteiger partial charge in [0.15, 0.2) is 0 Å². The van der Waals surface area contributed by atoms with E-state index in [0.717, 1.165) is 12.2 Å². The number of fused-ring (bicyclic) bond motifs is 1. The molecule has 0 saturated carbocycles. The monoisotopic (exact) mass is 244 g/mol. The minimum absolute atomic E-state index is 0.0253. The second kappa shape index (κ2) is 4.99. The van der Waals surface area contributed by atoms with E-state index in [2.05, 4.69) is 25.3 Å². The Morgan fingerprint density at radius 3 is 2.89 bits per heavy atom. The van der Waals surface area contributed by atoms with Crippen LogP contribution in [0.25, 0.3) is 0 Å². The Balaban J connectivity index is 2.45. The van der Waals surface area contributed by atoms with Gasteiger partial charge in [-0.2, -0.15) is 0 Å².